The highest BCUT2D eigenvalue weighted by molar-refractivity contribution is 5.95. The molecule has 1 aliphatic rings. The van der Waals surface area contributed by atoms with Crippen LogP contribution >= 0.6 is 12.4 Å². The van der Waals surface area contributed by atoms with E-state index in [2.05, 4.69) is 22.5 Å². The van der Waals surface area contributed by atoms with Gasteiger partial charge in [-0.1, -0.05) is 6.92 Å². The van der Waals surface area contributed by atoms with Crippen LogP contribution in [-0.4, -0.2) is 35.4 Å². The Balaban J connectivity index is 0.00000242. The summed E-state index contributed by atoms with van der Waals surface area (Å²) in [6, 6.07) is 1.28. The first-order valence-corrected chi connectivity index (χ1v) is 7.01. The summed E-state index contributed by atoms with van der Waals surface area (Å²) in [5.41, 5.74) is 0.664. The highest BCUT2D eigenvalue weighted by atomic mass is 35.5. The molecule has 7 nitrogen and oxygen atoms in total. The van der Waals surface area contributed by atoms with Gasteiger partial charge in [-0.2, -0.15) is 0 Å². The molecule has 1 saturated heterocycles. The Morgan fingerprint density at radius 2 is 2.14 bits per heavy atom. The van der Waals surface area contributed by atoms with E-state index in [1.54, 1.807) is 6.92 Å². The molecule has 22 heavy (non-hydrogen) atoms. The quantitative estimate of drug-likeness (QED) is 0.649. The van der Waals surface area contributed by atoms with Crippen LogP contribution in [0.1, 0.15) is 35.8 Å². The molecule has 1 fully saturated rings. The van der Waals surface area contributed by atoms with E-state index in [0.29, 0.717) is 12.2 Å². The van der Waals surface area contributed by atoms with Gasteiger partial charge in [0.05, 0.1) is 16.2 Å². The predicted molar refractivity (Wildman–Crippen MR) is 85.4 cm³/mol. The number of hydrogen-bond acceptors (Lipinski definition) is 5. The monoisotopic (exact) mass is 328 g/mol. The van der Waals surface area contributed by atoms with Gasteiger partial charge in [-0.25, -0.2) is 0 Å². The van der Waals surface area contributed by atoms with Crippen molar-refractivity contribution in [2.24, 2.45) is 5.41 Å². The molecular weight excluding hydrogens is 308 g/mol. The fourth-order valence-corrected chi connectivity index (χ4v) is 2.45. The summed E-state index contributed by atoms with van der Waals surface area (Å²) in [4.78, 5) is 26.4. The number of nitro groups is 1. The molecule has 0 atom stereocenters. The van der Waals surface area contributed by atoms with E-state index < -0.39 is 4.92 Å². The fourth-order valence-electron chi connectivity index (χ4n) is 2.45. The van der Waals surface area contributed by atoms with Crippen molar-refractivity contribution in [1.29, 1.82) is 0 Å². The molecule has 0 saturated carbocycles. The Labute approximate surface area is 135 Å². The SMILES string of the molecule is Cc1ncc([N+](=O)[O-])cc1C(=O)NCC1(C)CCNCC1.Cl. The predicted octanol–water partition coefficient (Wildman–Crippen LogP) is 1.84. The second kappa shape index (κ2) is 7.51. The van der Waals surface area contributed by atoms with Crippen molar-refractivity contribution in [3.63, 3.8) is 0 Å². The van der Waals surface area contributed by atoms with Crippen LogP contribution in [0.15, 0.2) is 12.3 Å². The second-order valence-electron chi connectivity index (χ2n) is 5.83. The molecule has 2 heterocycles. The topological polar surface area (TPSA) is 97.2 Å². The van der Waals surface area contributed by atoms with E-state index in [1.807, 2.05) is 0 Å². The Morgan fingerprint density at radius 3 is 2.73 bits per heavy atom. The summed E-state index contributed by atoms with van der Waals surface area (Å²) >= 11 is 0. The molecule has 0 aromatic carbocycles. The van der Waals surface area contributed by atoms with Gasteiger partial charge in [0.15, 0.2) is 0 Å². The Hall–Kier alpha value is -1.73. The van der Waals surface area contributed by atoms with Crippen LogP contribution in [0.25, 0.3) is 0 Å². The number of carbonyl (C=O) groups is 1. The van der Waals surface area contributed by atoms with Gasteiger partial charge < -0.3 is 10.6 Å². The first-order valence-electron chi connectivity index (χ1n) is 7.01. The van der Waals surface area contributed by atoms with Crippen LogP contribution in [-0.2, 0) is 0 Å². The molecule has 0 aliphatic carbocycles. The lowest BCUT2D eigenvalue weighted by Crippen LogP contribution is -2.43. The second-order valence-corrected chi connectivity index (χ2v) is 5.83. The third-order valence-corrected chi connectivity index (χ3v) is 4.01. The molecule has 1 amide bonds. The van der Waals surface area contributed by atoms with Crippen molar-refractivity contribution in [2.75, 3.05) is 19.6 Å². The van der Waals surface area contributed by atoms with E-state index in [9.17, 15) is 14.9 Å². The van der Waals surface area contributed by atoms with E-state index in [0.717, 1.165) is 25.9 Å². The average Bonchev–Trinajstić information content (AvgIpc) is 2.46. The molecule has 1 aromatic heterocycles. The van der Waals surface area contributed by atoms with Gasteiger partial charge in [-0.3, -0.25) is 19.9 Å². The summed E-state index contributed by atoms with van der Waals surface area (Å²) in [5.74, 6) is -0.302. The lowest BCUT2D eigenvalue weighted by molar-refractivity contribution is -0.385. The van der Waals surface area contributed by atoms with Gasteiger partial charge in [-0.05, 0) is 38.3 Å². The Kier molecular flexibility index (Phi) is 6.25. The maximum Gasteiger partial charge on any atom is 0.288 e. The minimum Gasteiger partial charge on any atom is -0.351 e. The van der Waals surface area contributed by atoms with Gasteiger partial charge in [0, 0.05) is 12.6 Å². The molecule has 0 unspecified atom stereocenters. The molecule has 2 rings (SSSR count). The highest BCUT2D eigenvalue weighted by Gasteiger charge is 2.27. The maximum atomic E-state index is 12.2. The first-order chi connectivity index (χ1) is 9.91. The number of nitrogens with zero attached hydrogens (tertiary/aromatic N) is 2. The van der Waals surface area contributed by atoms with Crippen LogP contribution in [0.4, 0.5) is 5.69 Å². The molecule has 1 aliphatic heterocycles. The summed E-state index contributed by atoms with van der Waals surface area (Å²) in [5, 5.41) is 16.9. The Bertz CT molecular complexity index is 559. The van der Waals surface area contributed by atoms with E-state index in [1.165, 1.54) is 12.3 Å². The average molecular weight is 329 g/mol. The first kappa shape index (κ1) is 18.3. The number of aryl methyl sites for hydroxylation is 1. The van der Waals surface area contributed by atoms with Crippen molar-refractivity contribution < 1.29 is 9.72 Å². The lowest BCUT2D eigenvalue weighted by atomic mass is 9.81. The number of piperidine rings is 1. The van der Waals surface area contributed by atoms with Gasteiger partial charge in [0.25, 0.3) is 11.6 Å². The minimum absolute atomic E-state index is 0. The van der Waals surface area contributed by atoms with E-state index >= 15 is 0 Å². The number of nitrogens with one attached hydrogen (secondary N) is 2. The molecular formula is C14H21ClN4O3. The molecule has 1 aromatic rings. The standard InChI is InChI=1S/C14H20N4O3.ClH/c1-10-12(7-11(8-16-10)18(20)21)13(19)17-9-14(2)3-5-15-6-4-14;/h7-8,15H,3-6,9H2,1-2H3,(H,17,19);1H. The fraction of sp³-hybridized carbons (Fsp3) is 0.571. The molecule has 8 heteroatoms. The smallest absolute Gasteiger partial charge is 0.288 e. The highest BCUT2D eigenvalue weighted by Crippen LogP contribution is 2.27. The van der Waals surface area contributed by atoms with Gasteiger partial charge in [0.2, 0.25) is 0 Å². The molecule has 0 radical (unpaired) electrons. The largest absolute Gasteiger partial charge is 0.351 e. The number of aromatic nitrogens is 1. The van der Waals surface area contributed by atoms with Crippen LogP contribution in [0.2, 0.25) is 0 Å². The van der Waals surface area contributed by atoms with Crippen molar-refractivity contribution in [1.82, 2.24) is 15.6 Å². The van der Waals surface area contributed by atoms with Gasteiger partial charge in [0.1, 0.15) is 6.20 Å². The number of amides is 1. The van der Waals surface area contributed by atoms with Crippen molar-refractivity contribution in [2.45, 2.75) is 26.7 Å². The number of rotatable bonds is 4. The molecule has 0 bridgehead atoms. The zero-order valence-electron chi connectivity index (χ0n) is 12.7. The van der Waals surface area contributed by atoms with Crippen molar-refractivity contribution >= 4 is 24.0 Å². The zero-order valence-corrected chi connectivity index (χ0v) is 13.5. The van der Waals surface area contributed by atoms with Gasteiger partial charge in [-0.15, -0.1) is 12.4 Å². The molecule has 0 spiro atoms. The van der Waals surface area contributed by atoms with Crippen LogP contribution in [0.3, 0.4) is 0 Å². The number of hydrogen-bond donors (Lipinski definition) is 2. The van der Waals surface area contributed by atoms with E-state index in [4.69, 9.17) is 0 Å². The summed E-state index contributed by atoms with van der Waals surface area (Å²) in [7, 11) is 0. The molecule has 2 N–H and O–H groups in total. The minimum atomic E-state index is -0.544. The Morgan fingerprint density at radius 1 is 1.50 bits per heavy atom. The summed E-state index contributed by atoms with van der Waals surface area (Å²) < 4.78 is 0. The normalized spacial score (nSPS) is 16.5. The number of pyridine rings is 1. The van der Waals surface area contributed by atoms with E-state index in [-0.39, 0.29) is 35.0 Å². The number of carbonyl (C=O) groups excluding carboxylic acids is 1. The van der Waals surface area contributed by atoms with Gasteiger partial charge >= 0.3 is 0 Å². The van der Waals surface area contributed by atoms with Crippen molar-refractivity contribution in [3.8, 4) is 0 Å². The van der Waals surface area contributed by atoms with Crippen molar-refractivity contribution in [3.05, 3.63) is 33.6 Å². The maximum absolute atomic E-state index is 12.2. The van der Waals surface area contributed by atoms with Crippen LogP contribution in [0, 0.1) is 22.5 Å². The molecule has 122 valence electrons. The third kappa shape index (κ3) is 4.38. The lowest BCUT2D eigenvalue weighted by Gasteiger charge is -2.34. The zero-order chi connectivity index (χ0) is 15.5. The number of halogens is 1. The van der Waals surface area contributed by atoms with Crippen LogP contribution in [0.5, 0.6) is 0 Å². The summed E-state index contributed by atoms with van der Waals surface area (Å²) in [6.07, 6.45) is 3.17. The summed E-state index contributed by atoms with van der Waals surface area (Å²) in [6.45, 7) is 6.28. The van der Waals surface area contributed by atoms with Crippen LogP contribution < -0.4 is 10.6 Å². The third-order valence-electron chi connectivity index (χ3n) is 4.01.